The predicted octanol–water partition coefficient (Wildman–Crippen LogP) is 5.36. The van der Waals surface area contributed by atoms with Gasteiger partial charge in [-0.2, -0.15) is 4.98 Å². The maximum Gasteiger partial charge on any atom is 0.229 e. The number of nitrogens with one attached hydrogen (secondary N) is 2. The molecule has 0 atom stereocenters. The molecule has 146 valence electrons. The Bertz CT molecular complexity index is 1080. The van der Waals surface area contributed by atoms with E-state index in [1.807, 2.05) is 48.5 Å². The van der Waals surface area contributed by atoms with E-state index < -0.39 is 0 Å². The highest BCUT2D eigenvalue weighted by atomic mass is 15.1. The fraction of sp³-hybridized carbons (Fsp3) is 0.174. The lowest BCUT2D eigenvalue weighted by atomic mass is 10.2. The largest absolute Gasteiger partial charge is 0.372 e. The number of rotatable bonds is 7. The molecule has 2 aromatic heterocycles. The van der Waals surface area contributed by atoms with E-state index in [-0.39, 0.29) is 0 Å². The van der Waals surface area contributed by atoms with Crippen LogP contribution in [0.4, 0.5) is 28.8 Å². The second-order valence-corrected chi connectivity index (χ2v) is 6.62. The summed E-state index contributed by atoms with van der Waals surface area (Å²) in [4.78, 5) is 15.7. The zero-order valence-corrected chi connectivity index (χ0v) is 16.6. The number of hydrogen-bond acceptors (Lipinski definition) is 6. The smallest absolute Gasteiger partial charge is 0.229 e. The molecule has 6 heteroatoms. The first-order valence-electron chi connectivity index (χ1n) is 9.82. The van der Waals surface area contributed by atoms with Crippen molar-refractivity contribution in [3.8, 4) is 0 Å². The molecule has 0 amide bonds. The van der Waals surface area contributed by atoms with Crippen LogP contribution in [0.5, 0.6) is 0 Å². The van der Waals surface area contributed by atoms with Gasteiger partial charge in [0.1, 0.15) is 5.82 Å². The second kappa shape index (κ2) is 8.56. The topological polar surface area (TPSA) is 66.0 Å². The van der Waals surface area contributed by atoms with Crippen LogP contribution in [0.15, 0.2) is 73.1 Å². The van der Waals surface area contributed by atoms with E-state index in [9.17, 15) is 0 Å². The molecular formula is C23H24N6. The third-order valence-electron chi connectivity index (χ3n) is 4.80. The minimum atomic E-state index is 0.541. The molecule has 6 nitrogen and oxygen atoms in total. The average molecular weight is 384 g/mol. The average Bonchev–Trinajstić information content (AvgIpc) is 2.76. The Kier molecular flexibility index (Phi) is 5.52. The molecule has 0 unspecified atom stereocenters. The molecule has 0 saturated carbocycles. The van der Waals surface area contributed by atoms with Gasteiger partial charge in [0.25, 0.3) is 0 Å². The summed E-state index contributed by atoms with van der Waals surface area (Å²) in [5.74, 6) is 1.25. The molecule has 0 saturated heterocycles. The normalized spacial score (nSPS) is 10.7. The van der Waals surface area contributed by atoms with Gasteiger partial charge < -0.3 is 15.5 Å². The van der Waals surface area contributed by atoms with Crippen molar-refractivity contribution < 1.29 is 0 Å². The third-order valence-corrected chi connectivity index (χ3v) is 4.80. The summed E-state index contributed by atoms with van der Waals surface area (Å²) in [5.41, 5.74) is 3.98. The molecule has 4 rings (SSSR count). The molecule has 0 aliphatic rings. The minimum absolute atomic E-state index is 0.541. The molecular weight excluding hydrogens is 360 g/mol. The van der Waals surface area contributed by atoms with Gasteiger partial charge in [0.2, 0.25) is 5.95 Å². The fourth-order valence-electron chi connectivity index (χ4n) is 3.31. The van der Waals surface area contributed by atoms with Crippen LogP contribution < -0.4 is 15.5 Å². The Morgan fingerprint density at radius 2 is 1.59 bits per heavy atom. The lowest BCUT2D eigenvalue weighted by Crippen LogP contribution is -2.21. The summed E-state index contributed by atoms with van der Waals surface area (Å²) in [6, 6.07) is 20.2. The fourth-order valence-corrected chi connectivity index (χ4v) is 3.31. The molecule has 0 fully saturated rings. The van der Waals surface area contributed by atoms with Crippen LogP contribution >= 0.6 is 0 Å². The molecule has 2 N–H and O–H groups in total. The molecule has 0 aliphatic heterocycles. The number of aromatic nitrogens is 3. The SMILES string of the molecule is CCN(CC)c1ccc(Nc2nccc(Nc3cccc4cccnc34)n2)cc1. The summed E-state index contributed by atoms with van der Waals surface area (Å²) in [6.45, 7) is 6.30. The summed E-state index contributed by atoms with van der Waals surface area (Å²) < 4.78 is 0. The van der Waals surface area contributed by atoms with Gasteiger partial charge in [0.05, 0.1) is 11.2 Å². The van der Waals surface area contributed by atoms with Crippen LogP contribution in [0.3, 0.4) is 0 Å². The van der Waals surface area contributed by atoms with E-state index in [0.29, 0.717) is 11.8 Å². The van der Waals surface area contributed by atoms with Crippen LogP contribution in [-0.4, -0.2) is 28.0 Å². The summed E-state index contributed by atoms with van der Waals surface area (Å²) in [7, 11) is 0. The van der Waals surface area contributed by atoms with E-state index in [0.717, 1.165) is 35.4 Å². The van der Waals surface area contributed by atoms with Gasteiger partial charge in [0.15, 0.2) is 0 Å². The first kappa shape index (κ1) is 18.7. The molecule has 4 aromatic rings. The Balaban J connectivity index is 1.52. The van der Waals surface area contributed by atoms with Gasteiger partial charge >= 0.3 is 0 Å². The van der Waals surface area contributed by atoms with Gasteiger partial charge in [-0.3, -0.25) is 4.98 Å². The second-order valence-electron chi connectivity index (χ2n) is 6.62. The van der Waals surface area contributed by atoms with Crippen LogP contribution in [0.25, 0.3) is 10.9 Å². The lowest BCUT2D eigenvalue weighted by Gasteiger charge is -2.21. The molecule has 0 spiro atoms. The minimum Gasteiger partial charge on any atom is -0.372 e. The van der Waals surface area contributed by atoms with Gasteiger partial charge in [-0.25, -0.2) is 4.98 Å². The van der Waals surface area contributed by atoms with Crippen molar-refractivity contribution in [2.75, 3.05) is 28.6 Å². The highest BCUT2D eigenvalue weighted by molar-refractivity contribution is 5.91. The van der Waals surface area contributed by atoms with E-state index in [4.69, 9.17) is 0 Å². The van der Waals surface area contributed by atoms with E-state index in [2.05, 4.69) is 56.5 Å². The molecule has 29 heavy (non-hydrogen) atoms. The number of hydrogen-bond donors (Lipinski definition) is 2. The summed E-state index contributed by atoms with van der Waals surface area (Å²) in [5, 5.41) is 7.71. The maximum absolute atomic E-state index is 4.59. The van der Waals surface area contributed by atoms with Crippen LogP contribution in [0, 0.1) is 0 Å². The van der Waals surface area contributed by atoms with Crippen molar-refractivity contribution in [1.82, 2.24) is 15.0 Å². The van der Waals surface area contributed by atoms with E-state index in [1.54, 1.807) is 12.4 Å². The Morgan fingerprint density at radius 3 is 2.38 bits per heavy atom. The molecule has 0 bridgehead atoms. The quantitative estimate of drug-likeness (QED) is 0.447. The predicted molar refractivity (Wildman–Crippen MR) is 120 cm³/mol. The Labute approximate surface area is 170 Å². The van der Waals surface area contributed by atoms with Gasteiger partial charge in [-0.15, -0.1) is 0 Å². The highest BCUT2D eigenvalue weighted by Gasteiger charge is 2.06. The van der Waals surface area contributed by atoms with Crippen molar-refractivity contribution in [1.29, 1.82) is 0 Å². The number of pyridine rings is 1. The molecule has 0 radical (unpaired) electrons. The third kappa shape index (κ3) is 4.27. The number of fused-ring (bicyclic) bond motifs is 1. The Hall–Kier alpha value is -3.67. The van der Waals surface area contributed by atoms with Crippen molar-refractivity contribution in [2.24, 2.45) is 0 Å². The van der Waals surface area contributed by atoms with Crippen LogP contribution in [-0.2, 0) is 0 Å². The van der Waals surface area contributed by atoms with Gasteiger partial charge in [-0.05, 0) is 56.3 Å². The number of para-hydroxylation sites is 1. The standard InChI is InChI=1S/C23H24N6/c1-3-29(4-2)19-12-10-18(11-13-19)26-23-25-16-14-21(28-23)27-20-9-5-7-17-8-6-15-24-22(17)20/h5-16H,3-4H2,1-2H3,(H2,25,26,27,28). The first-order valence-corrected chi connectivity index (χ1v) is 9.82. The number of nitrogens with zero attached hydrogens (tertiary/aromatic N) is 4. The van der Waals surface area contributed by atoms with E-state index >= 15 is 0 Å². The highest BCUT2D eigenvalue weighted by Crippen LogP contribution is 2.25. The maximum atomic E-state index is 4.59. The van der Waals surface area contributed by atoms with Crippen molar-refractivity contribution in [3.05, 3.63) is 73.1 Å². The van der Waals surface area contributed by atoms with Crippen molar-refractivity contribution in [3.63, 3.8) is 0 Å². The lowest BCUT2D eigenvalue weighted by molar-refractivity contribution is 0.866. The summed E-state index contributed by atoms with van der Waals surface area (Å²) >= 11 is 0. The molecule has 0 aliphatic carbocycles. The first-order chi connectivity index (χ1) is 14.3. The molecule has 2 heterocycles. The van der Waals surface area contributed by atoms with Crippen molar-refractivity contribution in [2.45, 2.75) is 13.8 Å². The van der Waals surface area contributed by atoms with E-state index in [1.165, 1.54) is 5.69 Å². The Morgan fingerprint density at radius 1 is 0.793 bits per heavy atom. The van der Waals surface area contributed by atoms with Crippen LogP contribution in [0.1, 0.15) is 13.8 Å². The monoisotopic (exact) mass is 384 g/mol. The zero-order chi connectivity index (χ0) is 20.1. The molecule has 2 aromatic carbocycles. The summed E-state index contributed by atoms with van der Waals surface area (Å²) in [6.07, 6.45) is 3.53. The number of anilines is 5. The van der Waals surface area contributed by atoms with Gasteiger partial charge in [-0.1, -0.05) is 18.2 Å². The van der Waals surface area contributed by atoms with Crippen LogP contribution in [0.2, 0.25) is 0 Å². The zero-order valence-electron chi connectivity index (χ0n) is 16.6. The van der Waals surface area contributed by atoms with Gasteiger partial charge in [0, 0.05) is 42.2 Å². The number of benzene rings is 2. The van der Waals surface area contributed by atoms with Crippen molar-refractivity contribution >= 4 is 39.7 Å².